The van der Waals surface area contributed by atoms with Crippen LogP contribution < -0.4 is 9.47 Å². The molecule has 1 aliphatic heterocycles. The van der Waals surface area contributed by atoms with Crippen molar-refractivity contribution >= 4 is 23.1 Å². The molecular formula is C20H15NO5S. The molecule has 0 saturated heterocycles. The third kappa shape index (κ3) is 3.54. The molecule has 136 valence electrons. The van der Waals surface area contributed by atoms with Crippen LogP contribution in [0.1, 0.15) is 25.0 Å². The Kier molecular flexibility index (Phi) is 4.60. The maximum absolute atomic E-state index is 12.5. The van der Waals surface area contributed by atoms with Crippen molar-refractivity contribution in [3.05, 3.63) is 64.0 Å². The molecule has 0 fully saturated rings. The molecule has 0 radical (unpaired) electrons. The number of fused-ring (bicyclic) bond motifs is 1. The Hall–Kier alpha value is -3.19. The number of carbonyl (C=O) groups excluding carboxylic acids is 2. The topological polar surface area (TPSA) is 74.7 Å². The van der Waals surface area contributed by atoms with Gasteiger partial charge in [-0.25, -0.2) is 9.78 Å². The molecule has 0 unspecified atom stereocenters. The molecule has 1 aliphatic rings. The summed E-state index contributed by atoms with van der Waals surface area (Å²) in [5, 5.41) is 0.753. The van der Waals surface area contributed by atoms with Gasteiger partial charge in [-0.2, -0.15) is 0 Å². The fraction of sp³-hybridized carbons (Fsp3) is 0.150. The normalized spacial score (nSPS) is 12.0. The first-order valence-electron chi connectivity index (χ1n) is 8.24. The third-order valence-corrected chi connectivity index (χ3v) is 4.95. The first-order valence-corrected chi connectivity index (χ1v) is 9.06. The van der Waals surface area contributed by atoms with E-state index in [0.29, 0.717) is 27.6 Å². The Morgan fingerprint density at radius 1 is 1.11 bits per heavy atom. The summed E-state index contributed by atoms with van der Waals surface area (Å²) >= 11 is 1.25. The van der Waals surface area contributed by atoms with E-state index in [4.69, 9.17) is 14.2 Å². The molecule has 1 aromatic heterocycles. The lowest BCUT2D eigenvalue weighted by molar-refractivity contribution is 0.0480. The number of benzene rings is 2. The number of aryl methyl sites for hydroxylation is 1. The van der Waals surface area contributed by atoms with Crippen molar-refractivity contribution in [2.45, 2.75) is 6.92 Å². The minimum Gasteiger partial charge on any atom is -0.454 e. The highest BCUT2D eigenvalue weighted by Gasteiger charge is 2.22. The van der Waals surface area contributed by atoms with Gasteiger partial charge in [0.1, 0.15) is 4.88 Å². The predicted octanol–water partition coefficient (Wildman–Crippen LogP) is 3.89. The first kappa shape index (κ1) is 17.2. The van der Waals surface area contributed by atoms with Gasteiger partial charge in [-0.3, -0.25) is 4.79 Å². The van der Waals surface area contributed by atoms with Gasteiger partial charge < -0.3 is 14.2 Å². The number of nitrogens with zero attached hydrogens (tertiary/aromatic N) is 1. The average Bonchev–Trinajstić information content (AvgIpc) is 3.32. The number of aromatic nitrogens is 1. The Labute approximate surface area is 159 Å². The van der Waals surface area contributed by atoms with Gasteiger partial charge in [0.2, 0.25) is 6.79 Å². The van der Waals surface area contributed by atoms with Crippen LogP contribution in [0.25, 0.3) is 11.3 Å². The van der Waals surface area contributed by atoms with E-state index in [-0.39, 0.29) is 19.2 Å². The van der Waals surface area contributed by atoms with Crippen LogP contribution in [0.3, 0.4) is 0 Å². The van der Waals surface area contributed by atoms with Gasteiger partial charge in [0.15, 0.2) is 23.9 Å². The average molecular weight is 381 g/mol. The second-order valence-corrected chi connectivity index (χ2v) is 7.05. The Balaban J connectivity index is 1.48. The molecule has 2 heterocycles. The minimum absolute atomic E-state index is 0.134. The molecule has 0 N–H and O–H groups in total. The lowest BCUT2D eigenvalue weighted by Gasteiger charge is -2.05. The standard InChI is InChI=1S/C20H15NO5S/c1-12-21-18(13-5-3-2-4-6-13)19(27-12)20(23)24-10-15(22)14-7-8-16-17(9-14)26-11-25-16/h2-9H,10-11H2,1H3. The van der Waals surface area contributed by atoms with Gasteiger partial charge in [-0.1, -0.05) is 30.3 Å². The summed E-state index contributed by atoms with van der Waals surface area (Å²) in [7, 11) is 0. The maximum atomic E-state index is 12.5. The van der Waals surface area contributed by atoms with Crippen LogP contribution in [0.2, 0.25) is 0 Å². The quantitative estimate of drug-likeness (QED) is 0.493. The van der Waals surface area contributed by atoms with Gasteiger partial charge in [0.05, 0.1) is 10.7 Å². The molecule has 0 bridgehead atoms. The number of Topliss-reactive ketones (excluding diaryl/α,β-unsaturated/α-hetero) is 1. The molecular weight excluding hydrogens is 366 g/mol. The zero-order valence-electron chi connectivity index (χ0n) is 14.4. The molecule has 27 heavy (non-hydrogen) atoms. The van der Waals surface area contributed by atoms with Gasteiger partial charge in [0.25, 0.3) is 0 Å². The Morgan fingerprint density at radius 2 is 1.89 bits per heavy atom. The molecule has 0 saturated carbocycles. The van der Waals surface area contributed by atoms with E-state index in [1.165, 1.54) is 11.3 Å². The number of thiazole rings is 1. The largest absolute Gasteiger partial charge is 0.454 e. The maximum Gasteiger partial charge on any atom is 0.351 e. The van der Waals surface area contributed by atoms with Crippen LogP contribution in [-0.2, 0) is 4.74 Å². The number of hydrogen-bond donors (Lipinski definition) is 0. The highest BCUT2D eigenvalue weighted by Crippen LogP contribution is 2.33. The van der Waals surface area contributed by atoms with Crippen molar-refractivity contribution in [3.63, 3.8) is 0 Å². The zero-order chi connectivity index (χ0) is 18.8. The molecule has 2 aromatic carbocycles. The second kappa shape index (κ2) is 7.20. The fourth-order valence-corrected chi connectivity index (χ4v) is 3.54. The summed E-state index contributed by atoms with van der Waals surface area (Å²) in [6, 6.07) is 14.3. The molecule has 4 rings (SSSR count). The van der Waals surface area contributed by atoms with Crippen molar-refractivity contribution < 1.29 is 23.8 Å². The van der Waals surface area contributed by atoms with Crippen LogP contribution in [0, 0.1) is 6.92 Å². The molecule has 0 aliphatic carbocycles. The molecule has 0 amide bonds. The summed E-state index contributed by atoms with van der Waals surface area (Å²) in [5.74, 6) is 0.227. The van der Waals surface area contributed by atoms with Crippen LogP contribution in [0.15, 0.2) is 48.5 Å². The van der Waals surface area contributed by atoms with Gasteiger partial charge in [-0.05, 0) is 25.1 Å². The Bertz CT molecular complexity index is 1010. The number of hydrogen-bond acceptors (Lipinski definition) is 7. The summed E-state index contributed by atoms with van der Waals surface area (Å²) in [6.45, 7) is 1.60. The first-order chi connectivity index (χ1) is 13.1. The van der Waals surface area contributed by atoms with Crippen molar-refractivity contribution in [2.75, 3.05) is 13.4 Å². The van der Waals surface area contributed by atoms with E-state index in [1.54, 1.807) is 18.2 Å². The lowest BCUT2D eigenvalue weighted by Crippen LogP contribution is -2.14. The van der Waals surface area contributed by atoms with E-state index in [0.717, 1.165) is 10.6 Å². The molecule has 7 heteroatoms. The monoisotopic (exact) mass is 381 g/mol. The Morgan fingerprint density at radius 3 is 2.70 bits per heavy atom. The van der Waals surface area contributed by atoms with E-state index < -0.39 is 5.97 Å². The van der Waals surface area contributed by atoms with Crippen molar-refractivity contribution in [1.29, 1.82) is 0 Å². The van der Waals surface area contributed by atoms with Crippen LogP contribution in [0.5, 0.6) is 11.5 Å². The van der Waals surface area contributed by atoms with E-state index in [2.05, 4.69) is 4.98 Å². The van der Waals surface area contributed by atoms with Crippen molar-refractivity contribution in [2.24, 2.45) is 0 Å². The molecule has 3 aromatic rings. The summed E-state index contributed by atoms with van der Waals surface area (Å²) in [4.78, 5) is 29.7. The van der Waals surface area contributed by atoms with Gasteiger partial charge >= 0.3 is 5.97 Å². The van der Waals surface area contributed by atoms with Gasteiger partial charge in [0, 0.05) is 11.1 Å². The van der Waals surface area contributed by atoms with Crippen molar-refractivity contribution in [1.82, 2.24) is 4.98 Å². The highest BCUT2D eigenvalue weighted by molar-refractivity contribution is 7.14. The molecule has 0 spiro atoms. The van der Waals surface area contributed by atoms with Crippen molar-refractivity contribution in [3.8, 4) is 22.8 Å². The van der Waals surface area contributed by atoms with E-state index in [1.807, 2.05) is 37.3 Å². The summed E-state index contributed by atoms with van der Waals surface area (Å²) in [5.41, 5.74) is 1.80. The lowest BCUT2D eigenvalue weighted by atomic mass is 10.1. The summed E-state index contributed by atoms with van der Waals surface area (Å²) in [6.07, 6.45) is 0. The smallest absolute Gasteiger partial charge is 0.351 e. The highest BCUT2D eigenvalue weighted by atomic mass is 32.1. The molecule has 0 atom stereocenters. The number of esters is 1. The zero-order valence-corrected chi connectivity index (χ0v) is 15.2. The SMILES string of the molecule is Cc1nc(-c2ccccc2)c(C(=O)OCC(=O)c2ccc3c(c2)OCO3)s1. The van der Waals surface area contributed by atoms with E-state index >= 15 is 0 Å². The number of ether oxygens (including phenoxy) is 3. The van der Waals surface area contributed by atoms with E-state index in [9.17, 15) is 9.59 Å². The minimum atomic E-state index is -0.562. The predicted molar refractivity (Wildman–Crippen MR) is 99.5 cm³/mol. The van der Waals surface area contributed by atoms with Crippen LogP contribution in [-0.4, -0.2) is 30.1 Å². The second-order valence-electron chi connectivity index (χ2n) is 5.84. The fourth-order valence-electron chi connectivity index (χ4n) is 2.71. The van der Waals surface area contributed by atoms with Crippen LogP contribution in [0.4, 0.5) is 0 Å². The van der Waals surface area contributed by atoms with Gasteiger partial charge in [-0.15, -0.1) is 11.3 Å². The number of carbonyl (C=O) groups is 2. The third-order valence-electron chi connectivity index (χ3n) is 4.00. The number of ketones is 1. The molecule has 6 nitrogen and oxygen atoms in total. The summed E-state index contributed by atoms with van der Waals surface area (Å²) < 4.78 is 15.7. The number of rotatable bonds is 5. The van der Waals surface area contributed by atoms with Crippen LogP contribution >= 0.6 is 11.3 Å².